The first kappa shape index (κ1) is 30.2. The highest BCUT2D eigenvalue weighted by Crippen LogP contribution is 2.28. The number of carbonyl (C=O) groups is 4. The topological polar surface area (TPSA) is 207 Å². The molecular weight excluding hydrogens is 596 g/mol. The number of fused-ring (bicyclic) bond motifs is 8. The van der Waals surface area contributed by atoms with E-state index in [0.717, 1.165) is 20.6 Å². The molecule has 0 amide bonds. The van der Waals surface area contributed by atoms with Crippen molar-refractivity contribution in [3.63, 3.8) is 0 Å². The summed E-state index contributed by atoms with van der Waals surface area (Å²) in [6.07, 6.45) is 0. The Morgan fingerprint density at radius 3 is 1.22 bits per heavy atom. The van der Waals surface area contributed by atoms with Crippen LogP contribution in [0.1, 0.15) is 11.4 Å². The van der Waals surface area contributed by atoms with Crippen molar-refractivity contribution in [2.45, 2.75) is 25.2 Å². The number of aliphatic carboxylic acids is 4. The summed E-state index contributed by atoms with van der Waals surface area (Å²) >= 11 is 0. The molecule has 232 valence electrons. The molecule has 6 rings (SSSR count). The van der Waals surface area contributed by atoms with Crippen molar-refractivity contribution in [3.8, 4) is 22.8 Å². The highest BCUT2D eigenvalue weighted by Gasteiger charge is 2.37. The zero-order valence-corrected chi connectivity index (χ0v) is 24.0. The monoisotopic (exact) mass is 622 g/mol. The predicted molar refractivity (Wildman–Crippen MR) is 162 cm³/mol. The van der Waals surface area contributed by atoms with Gasteiger partial charge >= 0.3 is 23.9 Å². The van der Waals surface area contributed by atoms with Gasteiger partial charge in [-0.1, -0.05) is 36.4 Å². The lowest BCUT2D eigenvalue weighted by Crippen LogP contribution is -2.52. The highest BCUT2D eigenvalue weighted by atomic mass is 16.4. The Kier molecular flexibility index (Phi) is 8.04. The number of aromatic nitrogens is 4. The van der Waals surface area contributed by atoms with E-state index in [1.54, 1.807) is 48.5 Å². The van der Waals surface area contributed by atoms with Gasteiger partial charge in [0, 0.05) is 37.0 Å². The van der Waals surface area contributed by atoms with Crippen molar-refractivity contribution < 1.29 is 39.6 Å². The van der Waals surface area contributed by atoms with E-state index < -0.39 is 36.0 Å². The van der Waals surface area contributed by atoms with Crippen LogP contribution in [0.25, 0.3) is 44.6 Å². The number of carboxylic acid groups (broad SMARTS) is 4. The molecule has 0 fully saturated rings. The SMILES string of the molecule is O=C(O)C(C(=O)O)N1CCN(C(C(=O)O)C(=O)O)Cc2cccc(n2)-c2ccc3ccc4ccc(nc4c3n2)-c2cccc(n2)C1. The van der Waals surface area contributed by atoms with Gasteiger partial charge in [0.1, 0.15) is 0 Å². The summed E-state index contributed by atoms with van der Waals surface area (Å²) in [6.45, 7) is -1.18. The zero-order valence-electron chi connectivity index (χ0n) is 24.0. The minimum atomic E-state index is -2.03. The molecule has 0 unspecified atom stereocenters. The van der Waals surface area contributed by atoms with E-state index in [1.807, 2.05) is 24.3 Å². The van der Waals surface area contributed by atoms with Crippen LogP contribution in [-0.4, -0.2) is 99.2 Å². The molecule has 1 aliphatic heterocycles. The van der Waals surface area contributed by atoms with Gasteiger partial charge in [-0.2, -0.15) is 0 Å². The number of nitrogens with zero attached hydrogens (tertiary/aromatic N) is 6. The van der Waals surface area contributed by atoms with E-state index in [-0.39, 0.29) is 26.2 Å². The third-order valence-electron chi connectivity index (χ3n) is 7.73. The van der Waals surface area contributed by atoms with Crippen LogP contribution in [0.5, 0.6) is 0 Å². The second-order valence-corrected chi connectivity index (χ2v) is 10.7. The Morgan fingerprint density at radius 1 is 0.500 bits per heavy atom. The number of hydrogen-bond donors (Lipinski definition) is 4. The van der Waals surface area contributed by atoms with Crippen molar-refractivity contribution in [2.24, 2.45) is 0 Å². The molecule has 1 aromatic carbocycles. The van der Waals surface area contributed by atoms with Gasteiger partial charge < -0.3 is 20.4 Å². The van der Waals surface area contributed by atoms with Gasteiger partial charge in [-0.15, -0.1) is 0 Å². The summed E-state index contributed by atoms with van der Waals surface area (Å²) < 4.78 is 0. The average molecular weight is 623 g/mol. The van der Waals surface area contributed by atoms with Crippen molar-refractivity contribution in [3.05, 3.63) is 84.2 Å². The van der Waals surface area contributed by atoms with Gasteiger partial charge in [0.05, 0.1) is 45.2 Å². The van der Waals surface area contributed by atoms with E-state index >= 15 is 0 Å². The highest BCUT2D eigenvalue weighted by molar-refractivity contribution is 6.04. The maximum absolute atomic E-state index is 12.1. The normalized spacial score (nSPS) is 14.2. The van der Waals surface area contributed by atoms with E-state index in [9.17, 15) is 39.6 Å². The van der Waals surface area contributed by atoms with Crippen LogP contribution in [0, 0.1) is 0 Å². The zero-order chi connectivity index (χ0) is 32.5. The van der Waals surface area contributed by atoms with Crippen molar-refractivity contribution in [1.29, 1.82) is 0 Å². The molecule has 0 spiro atoms. The van der Waals surface area contributed by atoms with Gasteiger partial charge in [0.25, 0.3) is 0 Å². The molecular formula is C32H26N6O8. The molecule has 5 aromatic rings. The minimum absolute atomic E-state index is 0.259. The van der Waals surface area contributed by atoms with Crippen LogP contribution < -0.4 is 0 Å². The van der Waals surface area contributed by atoms with Crippen LogP contribution in [0.4, 0.5) is 0 Å². The van der Waals surface area contributed by atoms with Gasteiger partial charge in [-0.3, -0.25) is 9.80 Å². The van der Waals surface area contributed by atoms with E-state index in [4.69, 9.17) is 9.97 Å². The summed E-state index contributed by atoms with van der Waals surface area (Å²) in [5.74, 6) is -6.58. The Morgan fingerprint density at radius 2 is 0.848 bits per heavy atom. The van der Waals surface area contributed by atoms with E-state index in [2.05, 4.69) is 9.97 Å². The molecule has 0 saturated heterocycles. The number of pyridine rings is 4. The number of rotatable bonds is 6. The maximum atomic E-state index is 12.1. The van der Waals surface area contributed by atoms with Gasteiger partial charge in [0.2, 0.25) is 12.1 Å². The first-order valence-electron chi connectivity index (χ1n) is 14.1. The quantitative estimate of drug-likeness (QED) is 0.159. The molecule has 14 nitrogen and oxygen atoms in total. The molecule has 4 aromatic heterocycles. The van der Waals surface area contributed by atoms with Gasteiger partial charge in [-0.05, 0) is 36.4 Å². The molecule has 14 heteroatoms. The third kappa shape index (κ3) is 5.94. The van der Waals surface area contributed by atoms with Crippen LogP contribution in [0.3, 0.4) is 0 Å². The van der Waals surface area contributed by atoms with Crippen LogP contribution in [0.2, 0.25) is 0 Å². The fourth-order valence-electron chi connectivity index (χ4n) is 5.58. The largest absolute Gasteiger partial charge is 0.480 e. The van der Waals surface area contributed by atoms with Crippen molar-refractivity contribution >= 4 is 45.7 Å². The molecule has 0 aliphatic carbocycles. The molecule has 4 N–H and O–H groups in total. The number of hydrogen-bond acceptors (Lipinski definition) is 10. The molecule has 5 heterocycles. The standard InChI is InChI=1S/C32H26N6O8/c39-29(40)27(30(41)42)37-13-14-38(28(31(43)44)32(45)46)16-20-4-2-6-22(34-20)24-12-10-18-8-7-17-9-11-23(35-25(17)26(18)36-24)21-5-1-3-19(15-37)33-21/h1-12,27-28H,13-16H2,(H,39,40)(H,41,42)(H,43,44)(H,45,46). The predicted octanol–water partition coefficient (Wildman–Crippen LogP) is 2.60. The first-order valence-corrected chi connectivity index (χ1v) is 14.1. The molecule has 46 heavy (non-hydrogen) atoms. The fraction of sp³-hybridized carbons (Fsp3) is 0.188. The molecule has 0 saturated carbocycles. The number of benzene rings is 1. The second-order valence-electron chi connectivity index (χ2n) is 10.7. The van der Waals surface area contributed by atoms with Crippen LogP contribution >= 0.6 is 0 Å². The number of carboxylic acids is 4. The van der Waals surface area contributed by atoms with Gasteiger partial charge in [0.15, 0.2) is 0 Å². The summed E-state index contributed by atoms with van der Waals surface area (Å²) in [4.78, 5) is 69.8. The lowest BCUT2D eigenvalue weighted by Gasteiger charge is -2.31. The molecule has 0 radical (unpaired) electrons. The smallest absolute Gasteiger partial charge is 0.332 e. The third-order valence-corrected chi connectivity index (χ3v) is 7.73. The molecule has 0 atom stereocenters. The lowest BCUT2D eigenvalue weighted by molar-refractivity contribution is -0.161. The Labute approximate surface area is 260 Å². The maximum Gasteiger partial charge on any atom is 0.332 e. The fourth-order valence-corrected chi connectivity index (χ4v) is 5.58. The first-order chi connectivity index (χ1) is 22.1. The van der Waals surface area contributed by atoms with Crippen molar-refractivity contribution in [1.82, 2.24) is 29.7 Å². The van der Waals surface area contributed by atoms with Crippen LogP contribution in [0.15, 0.2) is 72.8 Å². The van der Waals surface area contributed by atoms with Gasteiger partial charge in [-0.25, -0.2) is 39.1 Å². The van der Waals surface area contributed by atoms with E-state index in [1.165, 1.54) is 0 Å². The van der Waals surface area contributed by atoms with Crippen LogP contribution in [-0.2, 0) is 32.3 Å². The average Bonchev–Trinajstić information content (AvgIpc) is 3.02. The Bertz CT molecular complexity index is 1860. The van der Waals surface area contributed by atoms with E-state index in [0.29, 0.717) is 45.2 Å². The second kappa shape index (κ2) is 12.3. The summed E-state index contributed by atoms with van der Waals surface area (Å²) in [5, 5.41) is 41.0. The summed E-state index contributed by atoms with van der Waals surface area (Å²) in [7, 11) is 0. The summed E-state index contributed by atoms with van der Waals surface area (Å²) in [5.41, 5.74) is 3.76. The van der Waals surface area contributed by atoms with Crippen molar-refractivity contribution in [2.75, 3.05) is 13.1 Å². The minimum Gasteiger partial charge on any atom is -0.480 e. The Balaban J connectivity index is 1.56. The summed E-state index contributed by atoms with van der Waals surface area (Å²) in [6, 6.07) is 17.2. The lowest BCUT2D eigenvalue weighted by atomic mass is 10.1. The molecule has 1 aliphatic rings. The Hall–Kier alpha value is -5.86. The molecule has 8 bridgehead atoms.